The highest BCUT2D eigenvalue weighted by molar-refractivity contribution is 9.10. The van der Waals surface area contributed by atoms with Crippen LogP contribution >= 0.6 is 15.9 Å². The van der Waals surface area contributed by atoms with E-state index in [1.165, 1.54) is 0 Å². The highest BCUT2D eigenvalue weighted by Gasteiger charge is 2.16. The number of carbonyl (C=O) groups excluding carboxylic acids is 1. The molecular formula is C17H18BrNO3. The fraction of sp³-hybridized carbons (Fsp3) is 0.235. The van der Waals surface area contributed by atoms with E-state index in [-0.39, 0.29) is 18.6 Å². The van der Waals surface area contributed by atoms with E-state index >= 15 is 0 Å². The van der Waals surface area contributed by atoms with Gasteiger partial charge in [0.15, 0.2) is 0 Å². The zero-order chi connectivity index (χ0) is 15.9. The van der Waals surface area contributed by atoms with Gasteiger partial charge in [-0.25, -0.2) is 0 Å². The molecule has 1 amide bonds. The number of benzene rings is 2. The molecule has 4 nitrogen and oxygen atoms in total. The van der Waals surface area contributed by atoms with Gasteiger partial charge in [0.2, 0.25) is 0 Å². The summed E-state index contributed by atoms with van der Waals surface area (Å²) in [6.07, 6.45) is 0.664. The molecule has 2 N–H and O–H groups in total. The van der Waals surface area contributed by atoms with Gasteiger partial charge in [0.25, 0.3) is 5.91 Å². The molecule has 0 saturated carbocycles. The number of ether oxygens (including phenoxy) is 1. The van der Waals surface area contributed by atoms with Crippen LogP contribution in [0, 0.1) is 0 Å². The monoisotopic (exact) mass is 363 g/mol. The van der Waals surface area contributed by atoms with Crippen LogP contribution in [0.25, 0.3) is 0 Å². The molecule has 5 heteroatoms. The maximum Gasteiger partial charge on any atom is 0.255 e. The highest BCUT2D eigenvalue weighted by atomic mass is 79.9. The Bertz CT molecular complexity index is 641. The lowest BCUT2D eigenvalue weighted by molar-refractivity contribution is 0.0912. The van der Waals surface area contributed by atoms with Crippen molar-refractivity contribution in [3.05, 3.63) is 58.6 Å². The minimum absolute atomic E-state index is 0.0864. The van der Waals surface area contributed by atoms with Crippen molar-refractivity contribution in [1.29, 1.82) is 0 Å². The third kappa shape index (κ3) is 4.32. The fourth-order valence-electron chi connectivity index (χ4n) is 1.94. The molecule has 0 spiro atoms. The molecule has 0 bridgehead atoms. The third-order valence-electron chi connectivity index (χ3n) is 3.20. The first-order valence-corrected chi connectivity index (χ1v) is 7.87. The van der Waals surface area contributed by atoms with Crippen LogP contribution in [-0.4, -0.2) is 23.7 Å². The van der Waals surface area contributed by atoms with Crippen molar-refractivity contribution in [1.82, 2.24) is 5.32 Å². The fourth-order valence-corrected chi connectivity index (χ4v) is 2.32. The summed E-state index contributed by atoms with van der Waals surface area (Å²) >= 11 is 3.39. The molecule has 22 heavy (non-hydrogen) atoms. The van der Waals surface area contributed by atoms with Gasteiger partial charge in [-0.3, -0.25) is 4.79 Å². The van der Waals surface area contributed by atoms with Crippen molar-refractivity contribution in [2.24, 2.45) is 0 Å². The van der Waals surface area contributed by atoms with Gasteiger partial charge >= 0.3 is 0 Å². The molecule has 2 rings (SSSR count). The molecule has 0 saturated heterocycles. The summed E-state index contributed by atoms with van der Waals surface area (Å²) in [7, 11) is 0. The molecule has 116 valence electrons. The number of amides is 1. The van der Waals surface area contributed by atoms with Crippen LogP contribution in [0.5, 0.6) is 11.5 Å². The quantitative estimate of drug-likeness (QED) is 0.821. The molecule has 2 aromatic rings. The molecule has 0 fully saturated rings. The van der Waals surface area contributed by atoms with E-state index in [1.807, 2.05) is 37.3 Å². The van der Waals surface area contributed by atoms with Crippen molar-refractivity contribution >= 4 is 21.8 Å². The van der Waals surface area contributed by atoms with Gasteiger partial charge in [-0.1, -0.05) is 41.1 Å². The lowest BCUT2D eigenvalue weighted by Gasteiger charge is -2.16. The second kappa shape index (κ2) is 7.96. The van der Waals surface area contributed by atoms with Crippen molar-refractivity contribution in [3.63, 3.8) is 0 Å². The zero-order valence-electron chi connectivity index (χ0n) is 12.3. The van der Waals surface area contributed by atoms with Gasteiger partial charge in [0.1, 0.15) is 11.5 Å². The van der Waals surface area contributed by atoms with E-state index in [4.69, 9.17) is 4.74 Å². The van der Waals surface area contributed by atoms with Crippen LogP contribution in [-0.2, 0) is 0 Å². The molecule has 0 heterocycles. The van der Waals surface area contributed by atoms with E-state index in [2.05, 4.69) is 21.2 Å². The molecule has 0 aromatic heterocycles. The van der Waals surface area contributed by atoms with Gasteiger partial charge in [0, 0.05) is 4.47 Å². The average molecular weight is 364 g/mol. The number of hydrogen-bond donors (Lipinski definition) is 2. The largest absolute Gasteiger partial charge is 0.456 e. The van der Waals surface area contributed by atoms with Crippen LogP contribution in [0.3, 0.4) is 0 Å². The number of rotatable bonds is 6. The minimum atomic E-state index is -0.258. The number of aliphatic hydroxyl groups excluding tert-OH is 1. The standard InChI is InChI=1S/C17H18BrNO3/c1-2-13(11-20)19-17(21)15-8-3-4-9-16(15)22-14-7-5-6-12(18)10-14/h3-10,13,20H,2,11H2,1H3,(H,19,21). The minimum Gasteiger partial charge on any atom is -0.456 e. The molecule has 0 aliphatic carbocycles. The Kier molecular flexibility index (Phi) is 5.98. The Morgan fingerprint density at radius 2 is 2.05 bits per heavy atom. The highest BCUT2D eigenvalue weighted by Crippen LogP contribution is 2.27. The van der Waals surface area contributed by atoms with E-state index in [1.54, 1.807) is 18.2 Å². The first kappa shape index (κ1) is 16.5. The number of para-hydroxylation sites is 1. The molecule has 0 aliphatic heterocycles. The first-order valence-electron chi connectivity index (χ1n) is 7.08. The van der Waals surface area contributed by atoms with Crippen LogP contribution < -0.4 is 10.1 Å². The Balaban J connectivity index is 2.21. The summed E-state index contributed by atoms with van der Waals surface area (Å²) in [5.74, 6) is 0.862. The van der Waals surface area contributed by atoms with Crippen LogP contribution in [0.4, 0.5) is 0 Å². The summed E-state index contributed by atoms with van der Waals surface area (Å²) in [5.41, 5.74) is 0.439. The number of nitrogens with one attached hydrogen (secondary N) is 1. The SMILES string of the molecule is CCC(CO)NC(=O)c1ccccc1Oc1cccc(Br)c1. The van der Waals surface area contributed by atoms with Crippen LogP contribution in [0.2, 0.25) is 0 Å². The Morgan fingerprint density at radius 3 is 2.73 bits per heavy atom. The molecular weight excluding hydrogens is 346 g/mol. The predicted octanol–water partition coefficient (Wildman–Crippen LogP) is 3.74. The second-order valence-corrected chi connectivity index (χ2v) is 5.73. The normalized spacial score (nSPS) is 11.8. The Labute approximate surface area is 138 Å². The van der Waals surface area contributed by atoms with Gasteiger partial charge in [-0.2, -0.15) is 0 Å². The second-order valence-electron chi connectivity index (χ2n) is 4.82. The number of hydrogen-bond acceptors (Lipinski definition) is 3. The molecule has 0 radical (unpaired) electrons. The van der Waals surface area contributed by atoms with Gasteiger partial charge in [0.05, 0.1) is 18.2 Å². The van der Waals surface area contributed by atoms with E-state index in [0.29, 0.717) is 23.5 Å². The number of carbonyl (C=O) groups is 1. The number of aliphatic hydroxyl groups is 1. The maximum atomic E-state index is 12.3. The van der Waals surface area contributed by atoms with E-state index < -0.39 is 0 Å². The van der Waals surface area contributed by atoms with Crippen molar-refractivity contribution < 1.29 is 14.6 Å². The number of halogens is 1. The Morgan fingerprint density at radius 1 is 1.27 bits per heavy atom. The summed E-state index contributed by atoms with van der Waals surface area (Å²) in [6.45, 7) is 1.82. The molecule has 0 aliphatic rings. The zero-order valence-corrected chi connectivity index (χ0v) is 13.8. The molecule has 2 aromatic carbocycles. The van der Waals surface area contributed by atoms with Gasteiger partial charge in [-0.15, -0.1) is 0 Å². The van der Waals surface area contributed by atoms with Crippen molar-refractivity contribution in [3.8, 4) is 11.5 Å². The Hall–Kier alpha value is -1.85. The average Bonchev–Trinajstić information content (AvgIpc) is 2.53. The predicted molar refractivity (Wildman–Crippen MR) is 89.3 cm³/mol. The van der Waals surface area contributed by atoms with Crippen molar-refractivity contribution in [2.45, 2.75) is 19.4 Å². The first-order chi connectivity index (χ1) is 10.6. The maximum absolute atomic E-state index is 12.3. The summed E-state index contributed by atoms with van der Waals surface area (Å²) in [4.78, 5) is 12.3. The van der Waals surface area contributed by atoms with Gasteiger partial charge in [-0.05, 0) is 36.8 Å². The van der Waals surface area contributed by atoms with Crippen LogP contribution in [0.15, 0.2) is 53.0 Å². The smallest absolute Gasteiger partial charge is 0.255 e. The summed E-state index contributed by atoms with van der Waals surface area (Å²) < 4.78 is 6.71. The lowest BCUT2D eigenvalue weighted by atomic mass is 10.1. The summed E-state index contributed by atoms with van der Waals surface area (Å²) in [5, 5.41) is 12.0. The topological polar surface area (TPSA) is 58.6 Å². The molecule has 1 atom stereocenters. The third-order valence-corrected chi connectivity index (χ3v) is 3.70. The van der Waals surface area contributed by atoms with E-state index in [9.17, 15) is 9.90 Å². The van der Waals surface area contributed by atoms with E-state index in [0.717, 1.165) is 4.47 Å². The lowest BCUT2D eigenvalue weighted by Crippen LogP contribution is -2.37. The van der Waals surface area contributed by atoms with Crippen molar-refractivity contribution in [2.75, 3.05) is 6.61 Å². The summed E-state index contributed by atoms with van der Waals surface area (Å²) in [6, 6.07) is 14.2. The van der Waals surface area contributed by atoms with Crippen LogP contribution in [0.1, 0.15) is 23.7 Å². The van der Waals surface area contributed by atoms with Gasteiger partial charge < -0.3 is 15.2 Å². The molecule has 1 unspecified atom stereocenters.